The molecule has 3 unspecified atom stereocenters. The number of nitrogens with one attached hydrogen (secondary N) is 1. The lowest BCUT2D eigenvalue weighted by Gasteiger charge is -2.44. The third kappa shape index (κ3) is 4.81. The second kappa shape index (κ2) is 8.30. The van der Waals surface area contributed by atoms with Crippen molar-refractivity contribution < 1.29 is 9.90 Å². The number of benzene rings is 1. The summed E-state index contributed by atoms with van der Waals surface area (Å²) in [6.45, 7) is 7.34. The molecule has 2 aliphatic rings. The minimum absolute atomic E-state index is 0.132. The van der Waals surface area contributed by atoms with Gasteiger partial charge in [0.15, 0.2) is 0 Å². The van der Waals surface area contributed by atoms with Crippen LogP contribution in [0.3, 0.4) is 0 Å². The molecule has 0 aromatic heterocycles. The predicted octanol–water partition coefficient (Wildman–Crippen LogP) is 1.78. The first kappa shape index (κ1) is 18.4. The summed E-state index contributed by atoms with van der Waals surface area (Å²) >= 11 is 0. The molecule has 2 N–H and O–H groups in total. The average molecular weight is 345 g/mol. The zero-order valence-corrected chi connectivity index (χ0v) is 15.4. The molecule has 1 aromatic carbocycles. The molecule has 1 saturated carbocycles. The van der Waals surface area contributed by atoms with Crippen molar-refractivity contribution >= 4 is 5.91 Å². The zero-order chi connectivity index (χ0) is 17.8. The minimum Gasteiger partial charge on any atom is -0.392 e. The van der Waals surface area contributed by atoms with Gasteiger partial charge >= 0.3 is 0 Å². The van der Waals surface area contributed by atoms with Gasteiger partial charge in [-0.2, -0.15) is 0 Å². The molecule has 1 aliphatic carbocycles. The van der Waals surface area contributed by atoms with Crippen LogP contribution in [-0.2, 0) is 4.79 Å². The lowest BCUT2D eigenvalue weighted by molar-refractivity contribution is -0.128. The quantitative estimate of drug-likeness (QED) is 0.791. The highest BCUT2D eigenvalue weighted by atomic mass is 16.3. The Labute approximate surface area is 151 Å². The van der Waals surface area contributed by atoms with Crippen molar-refractivity contribution in [3.05, 3.63) is 35.9 Å². The number of piperazine rings is 1. The van der Waals surface area contributed by atoms with Crippen LogP contribution in [0.5, 0.6) is 0 Å². The molecule has 1 aromatic rings. The van der Waals surface area contributed by atoms with Crippen molar-refractivity contribution in [3.8, 4) is 0 Å². The summed E-state index contributed by atoms with van der Waals surface area (Å²) in [6.07, 6.45) is 2.92. The van der Waals surface area contributed by atoms with E-state index in [0.717, 1.165) is 44.5 Å². The van der Waals surface area contributed by atoms with Crippen LogP contribution < -0.4 is 5.32 Å². The number of amides is 1. The van der Waals surface area contributed by atoms with Gasteiger partial charge in [-0.15, -0.1) is 0 Å². The fourth-order valence-corrected chi connectivity index (χ4v) is 3.79. The molecule has 5 nitrogen and oxygen atoms in total. The summed E-state index contributed by atoms with van der Waals surface area (Å²) < 4.78 is 0. The summed E-state index contributed by atoms with van der Waals surface area (Å²) in [7, 11) is 0. The number of hydrogen-bond donors (Lipinski definition) is 2. The van der Waals surface area contributed by atoms with E-state index < -0.39 is 0 Å². The maximum atomic E-state index is 12.9. The van der Waals surface area contributed by atoms with Crippen LogP contribution in [-0.4, -0.2) is 65.2 Å². The van der Waals surface area contributed by atoms with Crippen LogP contribution in [0.1, 0.15) is 44.7 Å². The van der Waals surface area contributed by atoms with Gasteiger partial charge in [-0.3, -0.25) is 14.6 Å². The predicted molar refractivity (Wildman–Crippen MR) is 99.3 cm³/mol. The van der Waals surface area contributed by atoms with Gasteiger partial charge in [0.1, 0.15) is 6.04 Å². The van der Waals surface area contributed by atoms with Gasteiger partial charge in [0.05, 0.1) is 6.10 Å². The second-order valence-electron chi connectivity index (χ2n) is 7.50. The largest absolute Gasteiger partial charge is 0.392 e. The first-order valence-corrected chi connectivity index (χ1v) is 9.60. The standard InChI is InChI=1S/C20H31N3O2/c1-3-18-14-23(12-11-22(18)13-15(2)24)19(16-7-5-4-6-8-16)20(25)21-17-9-10-17/h4-8,15,17-19,24H,3,9-14H2,1-2H3,(H,21,25). The Kier molecular flexibility index (Phi) is 6.10. The average Bonchev–Trinajstić information content (AvgIpc) is 3.40. The molecule has 0 spiro atoms. The topological polar surface area (TPSA) is 55.8 Å². The molecule has 25 heavy (non-hydrogen) atoms. The molecule has 138 valence electrons. The highest BCUT2D eigenvalue weighted by Gasteiger charge is 2.36. The number of aliphatic hydroxyl groups is 1. The second-order valence-corrected chi connectivity index (χ2v) is 7.50. The van der Waals surface area contributed by atoms with E-state index in [1.54, 1.807) is 0 Å². The van der Waals surface area contributed by atoms with Crippen molar-refractivity contribution in [2.24, 2.45) is 0 Å². The van der Waals surface area contributed by atoms with Crippen molar-refractivity contribution in [1.82, 2.24) is 15.1 Å². The minimum atomic E-state index is -0.316. The fraction of sp³-hybridized carbons (Fsp3) is 0.650. The lowest BCUT2D eigenvalue weighted by atomic mass is 10.0. The molecular formula is C20H31N3O2. The van der Waals surface area contributed by atoms with Gasteiger partial charge < -0.3 is 10.4 Å². The van der Waals surface area contributed by atoms with Crippen LogP contribution in [0.25, 0.3) is 0 Å². The van der Waals surface area contributed by atoms with Gasteiger partial charge in [-0.25, -0.2) is 0 Å². The first-order chi connectivity index (χ1) is 12.1. The molecule has 3 rings (SSSR count). The third-order valence-electron chi connectivity index (χ3n) is 5.26. The van der Waals surface area contributed by atoms with Crippen molar-refractivity contribution in [2.45, 2.75) is 57.3 Å². The first-order valence-electron chi connectivity index (χ1n) is 9.60. The van der Waals surface area contributed by atoms with E-state index in [2.05, 4.69) is 34.2 Å². The fourth-order valence-electron chi connectivity index (χ4n) is 3.79. The number of carbonyl (C=O) groups is 1. The highest BCUT2D eigenvalue weighted by molar-refractivity contribution is 5.83. The Bertz CT molecular complexity index is 559. The Morgan fingerprint density at radius 3 is 2.60 bits per heavy atom. The number of carbonyl (C=O) groups excluding carboxylic acids is 1. The highest BCUT2D eigenvalue weighted by Crippen LogP contribution is 2.27. The molecule has 1 aliphatic heterocycles. The normalized spacial score (nSPS) is 24.7. The van der Waals surface area contributed by atoms with E-state index in [1.165, 1.54) is 0 Å². The maximum absolute atomic E-state index is 12.9. The van der Waals surface area contributed by atoms with Gasteiger partial charge in [-0.1, -0.05) is 37.3 Å². The zero-order valence-electron chi connectivity index (χ0n) is 15.4. The Morgan fingerprint density at radius 1 is 1.28 bits per heavy atom. The Hall–Kier alpha value is -1.43. The molecule has 1 saturated heterocycles. The van der Waals surface area contributed by atoms with Crippen molar-refractivity contribution in [1.29, 1.82) is 0 Å². The van der Waals surface area contributed by atoms with E-state index in [4.69, 9.17) is 0 Å². The summed E-state index contributed by atoms with van der Waals surface area (Å²) in [5, 5.41) is 12.9. The number of nitrogens with zero attached hydrogens (tertiary/aromatic N) is 2. The summed E-state index contributed by atoms with van der Waals surface area (Å²) in [5.74, 6) is 0.132. The molecular weight excluding hydrogens is 314 g/mol. The molecule has 1 amide bonds. The van der Waals surface area contributed by atoms with Crippen LogP contribution in [0, 0.1) is 0 Å². The molecule has 1 heterocycles. The lowest BCUT2D eigenvalue weighted by Crippen LogP contribution is -2.57. The Morgan fingerprint density at radius 2 is 2.00 bits per heavy atom. The van der Waals surface area contributed by atoms with Gasteiger partial charge in [-0.05, 0) is 31.7 Å². The van der Waals surface area contributed by atoms with Crippen molar-refractivity contribution in [3.63, 3.8) is 0 Å². The SMILES string of the molecule is CCC1CN(C(C(=O)NC2CC2)c2ccccc2)CCN1CC(C)O. The molecule has 0 radical (unpaired) electrons. The molecule has 2 fully saturated rings. The maximum Gasteiger partial charge on any atom is 0.242 e. The van der Waals surface area contributed by atoms with Crippen molar-refractivity contribution in [2.75, 3.05) is 26.2 Å². The van der Waals surface area contributed by atoms with Gasteiger partial charge in [0.2, 0.25) is 5.91 Å². The van der Waals surface area contributed by atoms with Crippen LogP contribution in [0.4, 0.5) is 0 Å². The van der Waals surface area contributed by atoms with E-state index in [9.17, 15) is 9.90 Å². The molecule has 3 atom stereocenters. The van der Waals surface area contributed by atoms with E-state index in [0.29, 0.717) is 18.6 Å². The van der Waals surface area contributed by atoms with Crippen LogP contribution in [0.2, 0.25) is 0 Å². The summed E-state index contributed by atoms with van der Waals surface area (Å²) in [5.41, 5.74) is 1.07. The van der Waals surface area contributed by atoms with Crippen LogP contribution in [0.15, 0.2) is 30.3 Å². The Balaban J connectivity index is 1.75. The molecule has 5 heteroatoms. The van der Waals surface area contributed by atoms with Gasteiger partial charge in [0, 0.05) is 38.3 Å². The summed E-state index contributed by atoms with van der Waals surface area (Å²) in [6, 6.07) is 10.7. The number of β-amino-alcohol motifs (C(OH)–C–C–N with tert-alkyl or cyclic N) is 1. The smallest absolute Gasteiger partial charge is 0.242 e. The van der Waals surface area contributed by atoms with E-state index in [-0.39, 0.29) is 18.1 Å². The van der Waals surface area contributed by atoms with E-state index >= 15 is 0 Å². The number of rotatable bonds is 7. The third-order valence-corrected chi connectivity index (χ3v) is 5.26. The summed E-state index contributed by atoms with van der Waals surface area (Å²) in [4.78, 5) is 17.6. The number of hydrogen-bond acceptors (Lipinski definition) is 4. The van der Waals surface area contributed by atoms with E-state index in [1.807, 2.05) is 25.1 Å². The molecule has 0 bridgehead atoms. The number of aliphatic hydroxyl groups excluding tert-OH is 1. The monoisotopic (exact) mass is 345 g/mol. The van der Waals surface area contributed by atoms with Crippen LogP contribution >= 0.6 is 0 Å². The van der Waals surface area contributed by atoms with Gasteiger partial charge in [0.25, 0.3) is 0 Å².